The van der Waals surface area contributed by atoms with Crippen LogP contribution in [0.15, 0.2) is 33.9 Å². The fourth-order valence-electron chi connectivity index (χ4n) is 1.82. The van der Waals surface area contributed by atoms with Crippen LogP contribution in [0.5, 0.6) is 0 Å². The maximum Gasteiger partial charge on any atom is 0.242 e. The number of thiophene rings is 1. The Hall–Kier alpha value is -1.57. The highest BCUT2D eigenvalue weighted by Crippen LogP contribution is 2.25. The lowest BCUT2D eigenvalue weighted by Crippen LogP contribution is -2.22. The van der Waals surface area contributed by atoms with Crippen molar-refractivity contribution in [1.82, 2.24) is 4.31 Å². The summed E-state index contributed by atoms with van der Waals surface area (Å²) in [5, 5.41) is 7.35. The minimum atomic E-state index is -3.46. The van der Waals surface area contributed by atoms with Crippen molar-refractivity contribution in [2.75, 3.05) is 25.1 Å². The Kier molecular flexibility index (Phi) is 4.55. The first-order valence-corrected chi connectivity index (χ1v) is 8.78. The standard InChI is InChI=1S/C14H19N3O2S2/c1-10-8-20-9-11(10)7-16-14-6-12(4-5-13(14)15)21(18,19)17(2)3/h4-6,8-9,16H,7,15H2,1-3H3. The second-order valence-electron chi connectivity index (χ2n) is 4.97. The highest BCUT2D eigenvalue weighted by atomic mass is 32.2. The molecule has 5 nitrogen and oxygen atoms in total. The number of nitrogens with two attached hydrogens (primary N) is 1. The SMILES string of the molecule is Cc1cscc1CNc1cc(S(=O)(=O)N(C)C)ccc1N. The van der Waals surface area contributed by atoms with Crippen LogP contribution in [0, 0.1) is 6.92 Å². The summed E-state index contributed by atoms with van der Waals surface area (Å²) in [7, 11) is -0.442. The lowest BCUT2D eigenvalue weighted by molar-refractivity contribution is 0.521. The molecule has 0 bridgehead atoms. The summed E-state index contributed by atoms with van der Waals surface area (Å²) < 4.78 is 25.5. The molecule has 0 aliphatic carbocycles. The first-order chi connectivity index (χ1) is 9.82. The third kappa shape index (κ3) is 3.37. The molecule has 0 aliphatic heterocycles. The molecule has 1 heterocycles. The van der Waals surface area contributed by atoms with Crippen molar-refractivity contribution in [3.05, 3.63) is 40.1 Å². The largest absolute Gasteiger partial charge is 0.397 e. The molecule has 0 atom stereocenters. The minimum absolute atomic E-state index is 0.228. The maximum atomic E-state index is 12.1. The summed E-state index contributed by atoms with van der Waals surface area (Å²) in [5.74, 6) is 0. The van der Waals surface area contributed by atoms with Gasteiger partial charge in [0, 0.05) is 20.6 Å². The van der Waals surface area contributed by atoms with Crippen molar-refractivity contribution < 1.29 is 8.42 Å². The van der Waals surface area contributed by atoms with Gasteiger partial charge in [-0.2, -0.15) is 11.3 Å². The molecule has 1 aromatic carbocycles. The first-order valence-electron chi connectivity index (χ1n) is 6.40. The number of anilines is 2. The van der Waals surface area contributed by atoms with Gasteiger partial charge in [-0.05, 0) is 47.0 Å². The van der Waals surface area contributed by atoms with Gasteiger partial charge in [-0.3, -0.25) is 0 Å². The maximum absolute atomic E-state index is 12.1. The Morgan fingerprint density at radius 1 is 1.29 bits per heavy atom. The van der Waals surface area contributed by atoms with E-state index in [1.165, 1.54) is 35.6 Å². The summed E-state index contributed by atoms with van der Waals surface area (Å²) in [5.41, 5.74) is 9.47. The Bertz CT molecular complexity index is 736. The molecule has 0 saturated carbocycles. The van der Waals surface area contributed by atoms with E-state index in [0.717, 1.165) is 0 Å². The summed E-state index contributed by atoms with van der Waals surface area (Å²) in [4.78, 5) is 0.228. The average molecular weight is 325 g/mol. The van der Waals surface area contributed by atoms with Crippen molar-refractivity contribution in [2.45, 2.75) is 18.4 Å². The summed E-state index contributed by atoms with van der Waals surface area (Å²) >= 11 is 1.64. The molecule has 21 heavy (non-hydrogen) atoms. The van der Waals surface area contributed by atoms with Crippen molar-refractivity contribution >= 4 is 32.7 Å². The fourth-order valence-corrected chi connectivity index (χ4v) is 3.60. The zero-order valence-electron chi connectivity index (χ0n) is 12.3. The molecule has 0 saturated heterocycles. The number of nitrogens with one attached hydrogen (secondary N) is 1. The van der Waals surface area contributed by atoms with Gasteiger partial charge in [-0.15, -0.1) is 0 Å². The van der Waals surface area contributed by atoms with Crippen molar-refractivity contribution in [3.8, 4) is 0 Å². The first kappa shape index (κ1) is 15.8. The Balaban J connectivity index is 2.26. The number of benzene rings is 1. The van der Waals surface area contributed by atoms with Crippen LogP contribution >= 0.6 is 11.3 Å². The van der Waals surface area contributed by atoms with Gasteiger partial charge in [0.1, 0.15) is 0 Å². The summed E-state index contributed by atoms with van der Waals surface area (Å²) in [6.07, 6.45) is 0. The van der Waals surface area contributed by atoms with Gasteiger partial charge in [0.2, 0.25) is 10.0 Å². The van der Waals surface area contributed by atoms with Gasteiger partial charge in [0.05, 0.1) is 16.3 Å². The summed E-state index contributed by atoms with van der Waals surface area (Å²) in [6.45, 7) is 2.66. The molecule has 0 unspecified atom stereocenters. The van der Waals surface area contributed by atoms with Gasteiger partial charge >= 0.3 is 0 Å². The van der Waals surface area contributed by atoms with Gasteiger partial charge in [-0.1, -0.05) is 0 Å². The third-order valence-corrected chi connectivity index (χ3v) is 5.96. The normalized spacial score (nSPS) is 11.8. The lowest BCUT2D eigenvalue weighted by Gasteiger charge is -2.14. The second kappa shape index (κ2) is 6.05. The molecule has 2 aromatic rings. The van der Waals surface area contributed by atoms with E-state index in [1.807, 2.05) is 6.92 Å². The number of hydrogen-bond donors (Lipinski definition) is 2. The molecular formula is C14H19N3O2S2. The zero-order valence-corrected chi connectivity index (χ0v) is 13.9. The van der Waals surface area contributed by atoms with E-state index in [9.17, 15) is 8.42 Å². The molecule has 0 fully saturated rings. The average Bonchev–Trinajstić information content (AvgIpc) is 2.83. The van der Waals surface area contributed by atoms with E-state index in [4.69, 9.17) is 5.73 Å². The summed E-state index contributed by atoms with van der Waals surface area (Å²) in [6, 6.07) is 4.71. The fraction of sp³-hybridized carbons (Fsp3) is 0.286. The van der Waals surface area contributed by atoms with Crippen molar-refractivity contribution in [3.63, 3.8) is 0 Å². The molecule has 0 radical (unpaired) electrons. The van der Waals surface area contributed by atoms with E-state index in [0.29, 0.717) is 17.9 Å². The van der Waals surface area contributed by atoms with Crippen LogP contribution in [-0.4, -0.2) is 26.8 Å². The van der Waals surface area contributed by atoms with Gasteiger partial charge < -0.3 is 11.1 Å². The molecule has 7 heteroatoms. The number of hydrogen-bond acceptors (Lipinski definition) is 5. The number of aryl methyl sites for hydroxylation is 1. The third-order valence-electron chi connectivity index (χ3n) is 3.23. The van der Waals surface area contributed by atoms with Crippen molar-refractivity contribution in [1.29, 1.82) is 0 Å². The van der Waals surface area contributed by atoms with Gasteiger partial charge in [-0.25, -0.2) is 12.7 Å². The van der Waals surface area contributed by atoms with E-state index in [2.05, 4.69) is 16.1 Å². The predicted molar refractivity (Wildman–Crippen MR) is 88.1 cm³/mol. The predicted octanol–water partition coefficient (Wildman–Crippen LogP) is 2.50. The van der Waals surface area contributed by atoms with Gasteiger partial charge in [0.15, 0.2) is 0 Å². The number of sulfonamides is 1. The van der Waals surface area contributed by atoms with E-state index < -0.39 is 10.0 Å². The molecule has 114 valence electrons. The molecule has 0 aliphatic rings. The van der Waals surface area contributed by atoms with Crippen LogP contribution in [0.4, 0.5) is 11.4 Å². The molecule has 0 amide bonds. The molecule has 1 aromatic heterocycles. The van der Waals surface area contributed by atoms with E-state index in [1.54, 1.807) is 23.5 Å². The smallest absolute Gasteiger partial charge is 0.242 e. The van der Waals surface area contributed by atoms with Crippen LogP contribution in [-0.2, 0) is 16.6 Å². The Morgan fingerprint density at radius 2 is 2.00 bits per heavy atom. The van der Waals surface area contributed by atoms with Crippen LogP contribution in [0.25, 0.3) is 0 Å². The number of rotatable bonds is 5. The molecule has 0 spiro atoms. The number of nitrogens with zero attached hydrogens (tertiary/aromatic N) is 1. The molecular weight excluding hydrogens is 306 g/mol. The Morgan fingerprint density at radius 3 is 2.57 bits per heavy atom. The van der Waals surface area contributed by atoms with Crippen LogP contribution in [0.1, 0.15) is 11.1 Å². The molecule has 3 N–H and O–H groups in total. The van der Waals surface area contributed by atoms with Crippen LogP contribution < -0.4 is 11.1 Å². The topological polar surface area (TPSA) is 75.4 Å². The Labute approximate surface area is 129 Å². The molecule has 2 rings (SSSR count). The minimum Gasteiger partial charge on any atom is -0.397 e. The monoisotopic (exact) mass is 325 g/mol. The zero-order chi connectivity index (χ0) is 15.6. The van der Waals surface area contributed by atoms with Crippen molar-refractivity contribution in [2.24, 2.45) is 0 Å². The highest BCUT2D eigenvalue weighted by molar-refractivity contribution is 7.89. The van der Waals surface area contributed by atoms with E-state index >= 15 is 0 Å². The van der Waals surface area contributed by atoms with E-state index in [-0.39, 0.29) is 4.90 Å². The van der Waals surface area contributed by atoms with Crippen LogP contribution in [0.3, 0.4) is 0 Å². The second-order valence-corrected chi connectivity index (χ2v) is 7.87. The van der Waals surface area contributed by atoms with Crippen LogP contribution in [0.2, 0.25) is 0 Å². The lowest BCUT2D eigenvalue weighted by atomic mass is 10.2. The quantitative estimate of drug-likeness (QED) is 0.828. The number of nitrogen functional groups attached to an aromatic ring is 1. The highest BCUT2D eigenvalue weighted by Gasteiger charge is 2.18. The van der Waals surface area contributed by atoms with Gasteiger partial charge in [0.25, 0.3) is 0 Å².